The van der Waals surface area contributed by atoms with E-state index in [-0.39, 0.29) is 11.9 Å². The highest BCUT2D eigenvalue weighted by Crippen LogP contribution is 2.25. The summed E-state index contributed by atoms with van der Waals surface area (Å²) in [7, 11) is 0. The minimum Gasteiger partial charge on any atom is -0.378 e. The lowest BCUT2D eigenvalue weighted by Gasteiger charge is -2.17. The zero-order chi connectivity index (χ0) is 15.4. The van der Waals surface area contributed by atoms with Crippen LogP contribution in [0.1, 0.15) is 18.5 Å². The van der Waals surface area contributed by atoms with Gasteiger partial charge in [0.2, 0.25) is 0 Å². The van der Waals surface area contributed by atoms with Gasteiger partial charge in [0.1, 0.15) is 5.82 Å². The molecule has 0 saturated heterocycles. The first-order valence-corrected chi connectivity index (χ1v) is 7.41. The summed E-state index contributed by atoms with van der Waals surface area (Å²) in [6.45, 7) is 2.01. The van der Waals surface area contributed by atoms with Crippen LogP contribution in [0.5, 0.6) is 0 Å². The van der Waals surface area contributed by atoms with Gasteiger partial charge in [-0.3, -0.25) is 0 Å². The molecule has 0 fully saturated rings. The molecule has 1 atom stereocenters. The highest BCUT2D eigenvalue weighted by atomic mass is 127. The van der Waals surface area contributed by atoms with Gasteiger partial charge in [-0.1, -0.05) is 12.1 Å². The summed E-state index contributed by atoms with van der Waals surface area (Å²) in [6.07, 6.45) is 0. The molecule has 4 N–H and O–H groups in total. The number of anilines is 2. The lowest BCUT2D eigenvalue weighted by molar-refractivity contribution is 0.259. The third kappa shape index (κ3) is 4.32. The molecular formula is C15H15FIN3O. The van der Waals surface area contributed by atoms with Crippen molar-refractivity contribution in [1.29, 1.82) is 0 Å². The smallest absolute Gasteiger partial charge is 0.316 e. The van der Waals surface area contributed by atoms with E-state index in [2.05, 4.69) is 33.2 Å². The fraction of sp³-hybridized carbons (Fsp3) is 0.133. The zero-order valence-corrected chi connectivity index (χ0v) is 13.5. The Kier molecular flexibility index (Phi) is 5.00. The number of carbonyl (C=O) groups is 1. The molecule has 4 nitrogen and oxygen atoms in total. The average molecular weight is 399 g/mol. The van der Waals surface area contributed by atoms with Gasteiger partial charge in [-0.2, -0.15) is 0 Å². The van der Waals surface area contributed by atoms with Crippen molar-refractivity contribution < 1.29 is 9.18 Å². The lowest BCUT2D eigenvalue weighted by atomic mass is 10.1. The molecule has 2 amide bonds. The van der Waals surface area contributed by atoms with Crippen LogP contribution in [0, 0.1) is 9.39 Å². The standard InChI is InChI=1S/C15H15FIN3O/c1-9(19-14-7-4-11(16)8-13(14)17)10-2-5-12(6-3-10)20-15(18)21/h2-9,19H,1H3,(H3,18,20,21). The number of nitrogens with two attached hydrogens (primary N) is 1. The molecule has 110 valence electrons. The molecule has 0 radical (unpaired) electrons. The van der Waals surface area contributed by atoms with E-state index < -0.39 is 6.03 Å². The second kappa shape index (κ2) is 6.75. The molecule has 0 aliphatic carbocycles. The molecule has 0 aliphatic rings. The first-order valence-electron chi connectivity index (χ1n) is 6.33. The Hall–Kier alpha value is -1.83. The van der Waals surface area contributed by atoms with Gasteiger partial charge in [0, 0.05) is 21.0 Å². The molecule has 21 heavy (non-hydrogen) atoms. The number of urea groups is 1. The van der Waals surface area contributed by atoms with Crippen LogP contribution in [-0.2, 0) is 0 Å². The second-order valence-electron chi connectivity index (χ2n) is 4.60. The van der Waals surface area contributed by atoms with Crippen molar-refractivity contribution in [3.05, 3.63) is 57.4 Å². The normalized spacial score (nSPS) is 11.8. The summed E-state index contributed by atoms with van der Waals surface area (Å²) in [4.78, 5) is 10.8. The SMILES string of the molecule is CC(Nc1ccc(F)cc1I)c1ccc(NC(N)=O)cc1. The molecule has 2 aromatic rings. The molecule has 2 rings (SSSR count). The van der Waals surface area contributed by atoms with Crippen LogP contribution in [0.2, 0.25) is 0 Å². The molecule has 1 unspecified atom stereocenters. The minimum absolute atomic E-state index is 0.0478. The van der Waals surface area contributed by atoms with Gasteiger partial charge >= 0.3 is 6.03 Å². The summed E-state index contributed by atoms with van der Waals surface area (Å²) in [5.41, 5.74) is 7.63. The number of amides is 2. The Labute approximate surface area is 136 Å². The van der Waals surface area contributed by atoms with Crippen LogP contribution >= 0.6 is 22.6 Å². The van der Waals surface area contributed by atoms with Gasteiger partial charge in [0.25, 0.3) is 0 Å². The molecule has 0 bridgehead atoms. The Bertz CT molecular complexity index is 646. The van der Waals surface area contributed by atoms with Crippen LogP contribution in [-0.4, -0.2) is 6.03 Å². The van der Waals surface area contributed by atoms with Crippen LogP contribution < -0.4 is 16.4 Å². The molecule has 2 aromatic carbocycles. The van der Waals surface area contributed by atoms with Crippen molar-refractivity contribution in [1.82, 2.24) is 0 Å². The number of hydrogen-bond acceptors (Lipinski definition) is 2. The number of halogens is 2. The number of primary amides is 1. The maximum absolute atomic E-state index is 13.1. The van der Waals surface area contributed by atoms with Crippen LogP contribution in [0.25, 0.3) is 0 Å². The highest BCUT2D eigenvalue weighted by molar-refractivity contribution is 14.1. The Morgan fingerprint density at radius 1 is 1.24 bits per heavy atom. The van der Waals surface area contributed by atoms with Crippen LogP contribution in [0.4, 0.5) is 20.6 Å². The Balaban J connectivity index is 2.09. The van der Waals surface area contributed by atoms with E-state index in [0.717, 1.165) is 14.8 Å². The quantitative estimate of drug-likeness (QED) is 0.678. The van der Waals surface area contributed by atoms with E-state index in [9.17, 15) is 9.18 Å². The third-order valence-electron chi connectivity index (χ3n) is 2.98. The molecule has 0 saturated carbocycles. The number of hydrogen-bond donors (Lipinski definition) is 3. The maximum atomic E-state index is 13.1. The van der Waals surface area contributed by atoms with Crippen molar-refractivity contribution in [3.63, 3.8) is 0 Å². The average Bonchev–Trinajstić information content (AvgIpc) is 2.42. The predicted octanol–water partition coefficient (Wildman–Crippen LogP) is 4.09. The number of rotatable bonds is 4. The monoisotopic (exact) mass is 399 g/mol. The van der Waals surface area contributed by atoms with Crippen molar-refractivity contribution in [2.75, 3.05) is 10.6 Å². The van der Waals surface area contributed by atoms with Crippen LogP contribution in [0.15, 0.2) is 42.5 Å². The summed E-state index contributed by atoms with van der Waals surface area (Å²) in [5.74, 6) is -0.250. The summed E-state index contributed by atoms with van der Waals surface area (Å²) >= 11 is 2.09. The first kappa shape index (κ1) is 15.6. The van der Waals surface area contributed by atoms with Crippen molar-refractivity contribution >= 4 is 40.0 Å². The maximum Gasteiger partial charge on any atom is 0.316 e. The number of nitrogens with one attached hydrogen (secondary N) is 2. The Morgan fingerprint density at radius 2 is 1.90 bits per heavy atom. The minimum atomic E-state index is -0.588. The van der Waals surface area contributed by atoms with E-state index in [0.29, 0.717) is 5.69 Å². The summed E-state index contributed by atoms with van der Waals surface area (Å²) in [5, 5.41) is 5.84. The van der Waals surface area contributed by atoms with Crippen molar-refractivity contribution in [2.24, 2.45) is 5.73 Å². The number of carbonyl (C=O) groups excluding carboxylic acids is 1. The molecule has 0 heterocycles. The van der Waals surface area contributed by atoms with E-state index in [4.69, 9.17) is 5.73 Å². The van der Waals surface area contributed by atoms with Gasteiger partial charge < -0.3 is 16.4 Å². The van der Waals surface area contributed by atoms with Crippen LogP contribution in [0.3, 0.4) is 0 Å². The van der Waals surface area contributed by atoms with E-state index in [1.165, 1.54) is 12.1 Å². The van der Waals surface area contributed by atoms with E-state index in [1.54, 1.807) is 18.2 Å². The fourth-order valence-corrected chi connectivity index (χ4v) is 2.55. The highest BCUT2D eigenvalue weighted by Gasteiger charge is 2.08. The summed E-state index contributed by atoms with van der Waals surface area (Å²) in [6, 6.07) is 11.5. The topological polar surface area (TPSA) is 67.2 Å². The van der Waals surface area contributed by atoms with Gasteiger partial charge in [-0.05, 0) is 65.4 Å². The van der Waals surface area contributed by atoms with E-state index in [1.807, 2.05) is 19.1 Å². The zero-order valence-electron chi connectivity index (χ0n) is 11.4. The van der Waals surface area contributed by atoms with Gasteiger partial charge in [-0.15, -0.1) is 0 Å². The first-order chi connectivity index (χ1) is 9.95. The molecule has 0 aliphatic heterocycles. The molecule has 6 heteroatoms. The Morgan fingerprint density at radius 3 is 2.48 bits per heavy atom. The number of benzene rings is 2. The van der Waals surface area contributed by atoms with E-state index >= 15 is 0 Å². The molecular weight excluding hydrogens is 384 g/mol. The third-order valence-corrected chi connectivity index (χ3v) is 3.87. The predicted molar refractivity (Wildman–Crippen MR) is 90.8 cm³/mol. The van der Waals surface area contributed by atoms with Gasteiger partial charge in [0.05, 0.1) is 0 Å². The molecule has 0 spiro atoms. The van der Waals surface area contributed by atoms with Crippen molar-refractivity contribution in [2.45, 2.75) is 13.0 Å². The summed E-state index contributed by atoms with van der Waals surface area (Å²) < 4.78 is 13.9. The van der Waals surface area contributed by atoms with Crippen molar-refractivity contribution in [3.8, 4) is 0 Å². The molecule has 0 aromatic heterocycles. The van der Waals surface area contributed by atoms with Gasteiger partial charge in [0.15, 0.2) is 0 Å². The second-order valence-corrected chi connectivity index (χ2v) is 5.76. The van der Waals surface area contributed by atoms with Gasteiger partial charge in [-0.25, -0.2) is 9.18 Å². The lowest BCUT2D eigenvalue weighted by Crippen LogP contribution is -2.19. The fourth-order valence-electron chi connectivity index (χ4n) is 1.92. The largest absolute Gasteiger partial charge is 0.378 e.